The van der Waals surface area contributed by atoms with Crippen LogP contribution < -0.4 is 5.32 Å². The van der Waals surface area contributed by atoms with Crippen LogP contribution in [0.5, 0.6) is 0 Å². The maximum absolute atomic E-state index is 11.3. The third-order valence-corrected chi connectivity index (χ3v) is 4.26. The fraction of sp³-hybridized carbons (Fsp3) is 0.167. The molecule has 0 aliphatic rings. The smallest absolute Gasteiger partial charge is 0.175 e. The molecule has 0 radical (unpaired) electrons. The number of halogens is 1. The quantitative estimate of drug-likeness (QED) is 0.936. The van der Waals surface area contributed by atoms with E-state index in [0.29, 0.717) is 11.4 Å². The van der Waals surface area contributed by atoms with Crippen molar-refractivity contribution in [1.82, 2.24) is 0 Å². The molecule has 18 heavy (non-hydrogen) atoms. The number of hydrogen-bond acceptors (Lipinski definition) is 4. The van der Waals surface area contributed by atoms with Crippen LogP contribution in [0.15, 0.2) is 50.4 Å². The zero-order chi connectivity index (χ0) is 13.2. The van der Waals surface area contributed by atoms with Crippen molar-refractivity contribution in [3.8, 4) is 0 Å². The van der Waals surface area contributed by atoms with Gasteiger partial charge in [0.1, 0.15) is 5.76 Å². The van der Waals surface area contributed by atoms with Crippen molar-refractivity contribution in [2.75, 3.05) is 11.6 Å². The zero-order valence-electron chi connectivity index (χ0n) is 9.68. The van der Waals surface area contributed by atoms with Crippen molar-refractivity contribution in [2.24, 2.45) is 0 Å². The molecule has 0 bridgehead atoms. The first-order chi connectivity index (χ1) is 8.47. The maximum atomic E-state index is 11.3. The summed E-state index contributed by atoms with van der Waals surface area (Å²) in [5.41, 5.74) is 0.839. The van der Waals surface area contributed by atoms with Gasteiger partial charge in [0.15, 0.2) is 9.84 Å². The summed E-state index contributed by atoms with van der Waals surface area (Å²) in [6.45, 7) is 0.534. The van der Waals surface area contributed by atoms with Crippen LogP contribution in [0.4, 0.5) is 5.69 Å². The Bertz CT molecular complexity index is 632. The number of sulfone groups is 1. The lowest BCUT2D eigenvalue weighted by atomic mass is 10.3. The Morgan fingerprint density at radius 2 is 1.89 bits per heavy atom. The van der Waals surface area contributed by atoms with Gasteiger partial charge in [0.25, 0.3) is 0 Å². The van der Waals surface area contributed by atoms with Gasteiger partial charge in [0.2, 0.25) is 0 Å². The largest absolute Gasteiger partial charge is 0.466 e. The van der Waals surface area contributed by atoms with Gasteiger partial charge in [-0.25, -0.2) is 8.42 Å². The molecule has 1 N–H and O–H groups in total. The topological polar surface area (TPSA) is 59.3 Å². The van der Waals surface area contributed by atoms with Gasteiger partial charge in [-0.15, -0.1) is 0 Å². The van der Waals surface area contributed by atoms with Crippen LogP contribution >= 0.6 is 15.9 Å². The molecule has 1 aromatic carbocycles. The highest BCUT2D eigenvalue weighted by Gasteiger charge is 2.07. The number of anilines is 1. The highest BCUT2D eigenvalue weighted by atomic mass is 79.9. The average molecular weight is 330 g/mol. The second kappa shape index (κ2) is 5.16. The second-order valence-corrected chi connectivity index (χ2v) is 6.71. The SMILES string of the molecule is CS(=O)(=O)c1ccc(NCc2occc2Br)cc1. The van der Waals surface area contributed by atoms with E-state index in [1.54, 1.807) is 30.5 Å². The van der Waals surface area contributed by atoms with E-state index in [1.807, 2.05) is 6.07 Å². The fourth-order valence-electron chi connectivity index (χ4n) is 1.45. The Morgan fingerprint density at radius 3 is 2.39 bits per heavy atom. The van der Waals surface area contributed by atoms with Crippen LogP contribution in [0, 0.1) is 0 Å². The summed E-state index contributed by atoms with van der Waals surface area (Å²) in [6, 6.07) is 8.44. The van der Waals surface area contributed by atoms with Crippen molar-refractivity contribution in [2.45, 2.75) is 11.4 Å². The van der Waals surface area contributed by atoms with E-state index in [1.165, 1.54) is 6.26 Å². The lowest BCUT2D eigenvalue weighted by Gasteiger charge is -2.05. The number of rotatable bonds is 4. The number of nitrogens with one attached hydrogen (secondary N) is 1. The Labute approximate surface area is 114 Å². The number of benzene rings is 1. The Kier molecular flexibility index (Phi) is 3.77. The van der Waals surface area contributed by atoms with E-state index in [0.717, 1.165) is 15.9 Å². The first-order valence-electron chi connectivity index (χ1n) is 5.22. The summed E-state index contributed by atoms with van der Waals surface area (Å²) < 4.78 is 28.7. The van der Waals surface area contributed by atoms with E-state index in [4.69, 9.17) is 4.42 Å². The molecule has 6 heteroatoms. The van der Waals surface area contributed by atoms with Gasteiger partial charge >= 0.3 is 0 Å². The molecule has 1 heterocycles. The molecule has 0 amide bonds. The van der Waals surface area contributed by atoms with Crippen LogP contribution in [0.3, 0.4) is 0 Å². The van der Waals surface area contributed by atoms with Crippen molar-refractivity contribution in [3.05, 3.63) is 46.8 Å². The van der Waals surface area contributed by atoms with Crippen molar-refractivity contribution < 1.29 is 12.8 Å². The minimum Gasteiger partial charge on any atom is -0.466 e. The minimum absolute atomic E-state index is 0.312. The normalized spacial score (nSPS) is 11.4. The monoisotopic (exact) mass is 329 g/mol. The fourth-order valence-corrected chi connectivity index (χ4v) is 2.43. The lowest BCUT2D eigenvalue weighted by Crippen LogP contribution is -2.00. The summed E-state index contributed by atoms with van der Waals surface area (Å²) >= 11 is 3.36. The van der Waals surface area contributed by atoms with Gasteiger partial charge in [0, 0.05) is 11.9 Å². The second-order valence-electron chi connectivity index (χ2n) is 3.84. The molecule has 0 fully saturated rings. The van der Waals surface area contributed by atoms with Gasteiger partial charge in [-0.2, -0.15) is 0 Å². The standard InChI is InChI=1S/C12H12BrNO3S/c1-18(15,16)10-4-2-9(3-5-10)14-8-12-11(13)6-7-17-12/h2-7,14H,8H2,1H3. The van der Waals surface area contributed by atoms with E-state index in [9.17, 15) is 8.42 Å². The van der Waals surface area contributed by atoms with Gasteiger partial charge in [-0.05, 0) is 46.3 Å². The molecule has 0 atom stereocenters. The Morgan fingerprint density at radius 1 is 1.22 bits per heavy atom. The highest BCUT2D eigenvalue weighted by Crippen LogP contribution is 2.20. The van der Waals surface area contributed by atoms with Crippen molar-refractivity contribution in [1.29, 1.82) is 0 Å². The van der Waals surface area contributed by atoms with Gasteiger partial charge in [0.05, 0.1) is 22.2 Å². The predicted octanol–water partition coefficient (Wildman–Crippen LogP) is 3.06. The third kappa shape index (κ3) is 3.14. The Hall–Kier alpha value is -1.27. The van der Waals surface area contributed by atoms with E-state index >= 15 is 0 Å². The summed E-state index contributed by atoms with van der Waals surface area (Å²) in [4.78, 5) is 0.312. The predicted molar refractivity (Wildman–Crippen MR) is 73.3 cm³/mol. The summed E-state index contributed by atoms with van der Waals surface area (Å²) in [7, 11) is -3.14. The molecule has 1 aromatic heterocycles. The minimum atomic E-state index is -3.14. The molecule has 0 unspecified atom stereocenters. The first kappa shape index (κ1) is 13.2. The molecular weight excluding hydrogens is 318 g/mol. The summed E-state index contributed by atoms with van der Waals surface area (Å²) in [5, 5.41) is 3.15. The number of furan rings is 1. The lowest BCUT2D eigenvalue weighted by molar-refractivity contribution is 0.516. The Balaban J connectivity index is 2.05. The van der Waals surface area contributed by atoms with Crippen molar-refractivity contribution in [3.63, 3.8) is 0 Å². The van der Waals surface area contributed by atoms with E-state index in [2.05, 4.69) is 21.2 Å². The average Bonchev–Trinajstić information content (AvgIpc) is 2.72. The molecule has 0 saturated heterocycles. The molecule has 96 valence electrons. The molecule has 0 saturated carbocycles. The van der Waals surface area contributed by atoms with Gasteiger partial charge in [-0.1, -0.05) is 0 Å². The van der Waals surface area contributed by atoms with Crippen LogP contribution in [-0.4, -0.2) is 14.7 Å². The molecule has 0 spiro atoms. The molecule has 2 aromatic rings. The van der Waals surface area contributed by atoms with Crippen LogP contribution in [0.2, 0.25) is 0 Å². The highest BCUT2D eigenvalue weighted by molar-refractivity contribution is 9.10. The number of hydrogen-bond donors (Lipinski definition) is 1. The van der Waals surface area contributed by atoms with Crippen molar-refractivity contribution >= 4 is 31.5 Å². The molecule has 4 nitrogen and oxygen atoms in total. The van der Waals surface area contributed by atoms with Crippen LogP contribution in [0.25, 0.3) is 0 Å². The molecule has 2 rings (SSSR count). The van der Waals surface area contributed by atoms with E-state index in [-0.39, 0.29) is 0 Å². The van der Waals surface area contributed by atoms with E-state index < -0.39 is 9.84 Å². The maximum Gasteiger partial charge on any atom is 0.175 e. The molecular formula is C12H12BrNO3S. The van der Waals surface area contributed by atoms with Crippen LogP contribution in [0.1, 0.15) is 5.76 Å². The van der Waals surface area contributed by atoms with Crippen LogP contribution in [-0.2, 0) is 16.4 Å². The first-order valence-corrected chi connectivity index (χ1v) is 7.91. The third-order valence-electron chi connectivity index (χ3n) is 2.43. The molecule has 0 aliphatic carbocycles. The zero-order valence-corrected chi connectivity index (χ0v) is 12.1. The summed E-state index contributed by atoms with van der Waals surface area (Å²) in [6.07, 6.45) is 2.79. The van der Waals surface area contributed by atoms with Gasteiger partial charge < -0.3 is 9.73 Å². The van der Waals surface area contributed by atoms with Gasteiger partial charge in [-0.3, -0.25) is 0 Å². The summed E-state index contributed by atoms with van der Waals surface area (Å²) in [5.74, 6) is 0.794. The molecule has 0 aliphatic heterocycles.